The zero-order valence-corrected chi connectivity index (χ0v) is 13.7. The van der Waals surface area contributed by atoms with Gasteiger partial charge in [0.25, 0.3) is 0 Å². The average molecular weight is 287 g/mol. The molecular formula is C18H25NS. The van der Waals surface area contributed by atoms with Crippen molar-refractivity contribution in [2.45, 2.75) is 39.2 Å². The molecule has 20 heavy (non-hydrogen) atoms. The van der Waals surface area contributed by atoms with Crippen molar-refractivity contribution in [3.8, 4) is 0 Å². The molecule has 1 aromatic heterocycles. The van der Waals surface area contributed by atoms with Crippen molar-refractivity contribution < 1.29 is 0 Å². The largest absolute Gasteiger partial charge is 0.309 e. The summed E-state index contributed by atoms with van der Waals surface area (Å²) in [6.45, 7) is 10.2. The maximum absolute atomic E-state index is 3.77. The predicted molar refractivity (Wildman–Crippen MR) is 89.4 cm³/mol. The van der Waals surface area contributed by atoms with E-state index in [1.807, 2.05) is 11.3 Å². The lowest BCUT2D eigenvalue weighted by atomic mass is 9.89. The summed E-state index contributed by atoms with van der Waals surface area (Å²) >= 11 is 1.85. The molecule has 0 spiro atoms. The molecule has 0 aliphatic heterocycles. The van der Waals surface area contributed by atoms with Gasteiger partial charge in [0.2, 0.25) is 0 Å². The van der Waals surface area contributed by atoms with E-state index in [0.29, 0.717) is 12.0 Å². The summed E-state index contributed by atoms with van der Waals surface area (Å²) in [7, 11) is 0. The van der Waals surface area contributed by atoms with Crippen LogP contribution in [0, 0.1) is 5.92 Å². The van der Waals surface area contributed by atoms with E-state index in [1.54, 1.807) is 0 Å². The third-order valence-electron chi connectivity index (χ3n) is 3.78. The number of nitrogens with one attached hydrogen (secondary N) is 1. The van der Waals surface area contributed by atoms with Gasteiger partial charge in [-0.15, -0.1) is 11.3 Å². The SMILES string of the molecule is CC(C)C(NCC(C)(C)c1cccs1)c1ccccc1. The standard InChI is InChI=1S/C18H25NS/c1-14(2)17(15-9-6-5-7-10-15)19-13-18(3,4)16-11-8-12-20-16/h5-12,14,17,19H,13H2,1-4H3. The number of thiophene rings is 1. The molecule has 0 fully saturated rings. The first-order valence-electron chi connectivity index (χ1n) is 7.33. The Bertz CT molecular complexity index is 499. The second kappa shape index (κ2) is 6.55. The van der Waals surface area contributed by atoms with Gasteiger partial charge in [0, 0.05) is 22.9 Å². The molecule has 1 N–H and O–H groups in total. The van der Waals surface area contributed by atoms with E-state index in [0.717, 1.165) is 6.54 Å². The van der Waals surface area contributed by atoms with E-state index in [2.05, 4.69) is 80.9 Å². The van der Waals surface area contributed by atoms with Crippen LogP contribution in [0.25, 0.3) is 0 Å². The number of hydrogen-bond acceptors (Lipinski definition) is 2. The Hall–Kier alpha value is -1.12. The Morgan fingerprint density at radius 3 is 2.30 bits per heavy atom. The normalized spacial score (nSPS) is 13.7. The van der Waals surface area contributed by atoms with E-state index >= 15 is 0 Å². The van der Waals surface area contributed by atoms with Gasteiger partial charge < -0.3 is 5.32 Å². The Kier molecular flexibility index (Phi) is 5.00. The highest BCUT2D eigenvalue weighted by atomic mass is 32.1. The molecule has 2 rings (SSSR count). The molecule has 2 aromatic rings. The van der Waals surface area contributed by atoms with Gasteiger partial charge in [0.05, 0.1) is 0 Å². The summed E-state index contributed by atoms with van der Waals surface area (Å²) in [5, 5.41) is 5.93. The smallest absolute Gasteiger partial charge is 0.0343 e. The summed E-state index contributed by atoms with van der Waals surface area (Å²) in [6, 6.07) is 15.5. The summed E-state index contributed by atoms with van der Waals surface area (Å²) in [5.41, 5.74) is 1.56. The van der Waals surface area contributed by atoms with Gasteiger partial charge in [-0.1, -0.05) is 64.1 Å². The fraction of sp³-hybridized carbons (Fsp3) is 0.444. The van der Waals surface area contributed by atoms with E-state index < -0.39 is 0 Å². The minimum Gasteiger partial charge on any atom is -0.309 e. The van der Waals surface area contributed by atoms with Gasteiger partial charge in [-0.25, -0.2) is 0 Å². The third kappa shape index (κ3) is 3.71. The van der Waals surface area contributed by atoms with E-state index in [4.69, 9.17) is 0 Å². The maximum Gasteiger partial charge on any atom is 0.0343 e. The second-order valence-corrected chi connectivity index (χ2v) is 7.32. The lowest BCUT2D eigenvalue weighted by Crippen LogP contribution is -2.36. The molecule has 1 atom stereocenters. The van der Waals surface area contributed by atoms with Gasteiger partial charge in [-0.2, -0.15) is 0 Å². The number of hydrogen-bond donors (Lipinski definition) is 1. The van der Waals surface area contributed by atoms with Gasteiger partial charge >= 0.3 is 0 Å². The van der Waals surface area contributed by atoms with Crippen molar-refractivity contribution in [2.24, 2.45) is 5.92 Å². The zero-order chi connectivity index (χ0) is 14.6. The first kappa shape index (κ1) is 15.3. The van der Waals surface area contributed by atoms with Crippen molar-refractivity contribution in [3.63, 3.8) is 0 Å². The maximum atomic E-state index is 3.77. The first-order chi connectivity index (χ1) is 9.50. The van der Waals surface area contributed by atoms with Gasteiger partial charge in [0.15, 0.2) is 0 Å². The van der Waals surface area contributed by atoms with Crippen LogP contribution in [0.15, 0.2) is 47.8 Å². The topological polar surface area (TPSA) is 12.0 Å². The monoisotopic (exact) mass is 287 g/mol. The van der Waals surface area contributed by atoms with E-state index in [-0.39, 0.29) is 5.41 Å². The van der Waals surface area contributed by atoms with Crippen LogP contribution in [0.3, 0.4) is 0 Å². The van der Waals surface area contributed by atoms with Crippen LogP contribution < -0.4 is 5.32 Å². The molecular weight excluding hydrogens is 262 g/mol. The van der Waals surface area contributed by atoms with Crippen molar-refractivity contribution in [3.05, 3.63) is 58.3 Å². The molecule has 0 radical (unpaired) electrons. The summed E-state index contributed by atoms with van der Waals surface area (Å²) in [6.07, 6.45) is 0. The van der Waals surface area contributed by atoms with Crippen molar-refractivity contribution in [1.82, 2.24) is 5.32 Å². The first-order valence-corrected chi connectivity index (χ1v) is 8.21. The molecule has 0 aliphatic rings. The molecule has 0 saturated carbocycles. The minimum absolute atomic E-state index is 0.177. The molecule has 2 heteroatoms. The Balaban J connectivity index is 2.07. The second-order valence-electron chi connectivity index (χ2n) is 6.37. The molecule has 108 valence electrons. The fourth-order valence-electron chi connectivity index (χ4n) is 2.51. The van der Waals surface area contributed by atoms with Crippen LogP contribution in [-0.2, 0) is 5.41 Å². The van der Waals surface area contributed by atoms with Gasteiger partial charge in [0.1, 0.15) is 0 Å². The molecule has 0 saturated heterocycles. The molecule has 1 aromatic carbocycles. The van der Waals surface area contributed by atoms with Crippen LogP contribution in [0.1, 0.15) is 44.2 Å². The molecule has 1 nitrogen and oxygen atoms in total. The third-order valence-corrected chi connectivity index (χ3v) is 5.01. The van der Waals surface area contributed by atoms with Crippen LogP contribution in [0.4, 0.5) is 0 Å². The molecule has 0 aliphatic carbocycles. The van der Waals surface area contributed by atoms with Gasteiger partial charge in [-0.05, 0) is 22.9 Å². The van der Waals surface area contributed by atoms with Crippen LogP contribution in [0.2, 0.25) is 0 Å². The van der Waals surface area contributed by atoms with Crippen LogP contribution in [-0.4, -0.2) is 6.54 Å². The highest BCUT2D eigenvalue weighted by molar-refractivity contribution is 7.10. The number of rotatable bonds is 6. The molecule has 1 unspecified atom stereocenters. The van der Waals surface area contributed by atoms with Gasteiger partial charge in [-0.3, -0.25) is 0 Å². The van der Waals surface area contributed by atoms with Crippen LogP contribution in [0.5, 0.6) is 0 Å². The summed E-state index contributed by atoms with van der Waals surface area (Å²) < 4.78 is 0. The molecule has 0 bridgehead atoms. The minimum atomic E-state index is 0.177. The van der Waals surface area contributed by atoms with E-state index in [1.165, 1.54) is 10.4 Å². The lowest BCUT2D eigenvalue weighted by molar-refractivity contribution is 0.365. The van der Waals surface area contributed by atoms with E-state index in [9.17, 15) is 0 Å². The average Bonchev–Trinajstić information content (AvgIpc) is 2.94. The molecule has 1 heterocycles. The van der Waals surface area contributed by atoms with Crippen molar-refractivity contribution in [2.75, 3.05) is 6.54 Å². The highest BCUT2D eigenvalue weighted by Crippen LogP contribution is 2.29. The Morgan fingerprint density at radius 2 is 1.75 bits per heavy atom. The lowest BCUT2D eigenvalue weighted by Gasteiger charge is -2.30. The Morgan fingerprint density at radius 1 is 1.05 bits per heavy atom. The van der Waals surface area contributed by atoms with Crippen LogP contribution >= 0.6 is 11.3 Å². The highest BCUT2D eigenvalue weighted by Gasteiger charge is 2.24. The Labute approximate surface area is 127 Å². The quantitative estimate of drug-likeness (QED) is 0.787. The van der Waals surface area contributed by atoms with Crippen molar-refractivity contribution >= 4 is 11.3 Å². The number of benzene rings is 1. The molecule has 0 amide bonds. The predicted octanol–water partition coefficient (Wildman–Crippen LogP) is 5.01. The fourth-order valence-corrected chi connectivity index (χ4v) is 3.37. The van der Waals surface area contributed by atoms with Crippen molar-refractivity contribution in [1.29, 1.82) is 0 Å². The summed E-state index contributed by atoms with van der Waals surface area (Å²) in [4.78, 5) is 1.44. The zero-order valence-electron chi connectivity index (χ0n) is 12.9. The summed E-state index contributed by atoms with van der Waals surface area (Å²) in [5.74, 6) is 0.580.